The van der Waals surface area contributed by atoms with Crippen molar-refractivity contribution >= 4 is 29.0 Å². The first-order chi connectivity index (χ1) is 18.4. The lowest BCUT2D eigenvalue weighted by atomic mass is 10.2. The molecule has 2 aromatic carbocycles. The van der Waals surface area contributed by atoms with Gasteiger partial charge in [-0.25, -0.2) is 13.9 Å². The Balaban J connectivity index is 1.20. The summed E-state index contributed by atoms with van der Waals surface area (Å²) in [7, 11) is 0. The zero-order chi connectivity index (χ0) is 26.5. The number of nitrogens with one attached hydrogen (secondary N) is 3. The summed E-state index contributed by atoms with van der Waals surface area (Å²) in [5.41, 5.74) is 3.00. The maximum atomic E-state index is 13.8. The van der Waals surface area contributed by atoms with Gasteiger partial charge in [-0.15, -0.1) is 0 Å². The van der Waals surface area contributed by atoms with Crippen LogP contribution in [0.2, 0.25) is 0 Å². The van der Waals surface area contributed by atoms with Crippen molar-refractivity contribution < 1.29 is 14.0 Å². The number of likely N-dealkylation sites (tertiary alicyclic amines) is 1. The molecular formula is C27H29FN8O2. The van der Waals surface area contributed by atoms with E-state index in [1.54, 1.807) is 42.6 Å². The Hall–Kier alpha value is -4.51. The molecule has 1 aliphatic rings. The van der Waals surface area contributed by atoms with Crippen molar-refractivity contribution in [1.82, 2.24) is 24.5 Å². The number of urea groups is 1. The Kier molecular flexibility index (Phi) is 7.45. The molecule has 0 aliphatic carbocycles. The average molecular weight is 517 g/mol. The summed E-state index contributed by atoms with van der Waals surface area (Å²) in [5.74, 6) is -0.790. The summed E-state index contributed by atoms with van der Waals surface area (Å²) in [4.78, 5) is 27.7. The standard InChI is InChI=1S/C27H29FN8O2/c1-19-25(18-35(33-19)14-13-34-11-4-5-12-34)31-26(37)20-7-6-8-22(15-20)36-17-21(16-29-36)30-27(38)32-24-10-3-2-9-23(24)28/h2-3,6-10,15-18H,4-5,11-14H2,1H3,(H,31,37)(H2,30,32,38). The van der Waals surface area contributed by atoms with Gasteiger partial charge < -0.3 is 20.9 Å². The van der Waals surface area contributed by atoms with Gasteiger partial charge in [-0.2, -0.15) is 10.2 Å². The highest BCUT2D eigenvalue weighted by Crippen LogP contribution is 2.18. The molecule has 196 valence electrons. The number of aromatic nitrogens is 4. The number of carbonyl (C=O) groups is 2. The molecule has 10 nitrogen and oxygen atoms in total. The van der Waals surface area contributed by atoms with E-state index in [0.29, 0.717) is 22.6 Å². The topological polar surface area (TPSA) is 109 Å². The minimum absolute atomic E-state index is 0.0727. The van der Waals surface area contributed by atoms with E-state index in [1.165, 1.54) is 35.9 Å². The molecule has 1 aliphatic heterocycles. The fourth-order valence-corrected chi connectivity index (χ4v) is 4.37. The summed E-state index contributed by atoms with van der Waals surface area (Å²) in [5, 5.41) is 16.8. The van der Waals surface area contributed by atoms with Crippen LogP contribution in [0.5, 0.6) is 0 Å². The minimum Gasteiger partial charge on any atom is -0.319 e. The number of amides is 3. The van der Waals surface area contributed by atoms with Crippen LogP contribution in [0, 0.1) is 12.7 Å². The number of aryl methyl sites for hydroxylation is 1. The molecule has 5 rings (SSSR count). The molecule has 3 N–H and O–H groups in total. The number of para-hydroxylation sites is 1. The van der Waals surface area contributed by atoms with Crippen LogP contribution in [0.3, 0.4) is 0 Å². The van der Waals surface area contributed by atoms with E-state index in [4.69, 9.17) is 0 Å². The van der Waals surface area contributed by atoms with Crippen LogP contribution in [0.25, 0.3) is 5.69 Å². The van der Waals surface area contributed by atoms with Crippen molar-refractivity contribution in [2.45, 2.75) is 26.3 Å². The zero-order valence-corrected chi connectivity index (χ0v) is 21.0. The molecule has 0 bridgehead atoms. The average Bonchev–Trinajstić information content (AvgIpc) is 3.67. The molecule has 0 unspecified atom stereocenters. The Morgan fingerprint density at radius 3 is 2.58 bits per heavy atom. The van der Waals surface area contributed by atoms with Crippen LogP contribution in [-0.2, 0) is 6.54 Å². The van der Waals surface area contributed by atoms with Gasteiger partial charge in [0.1, 0.15) is 5.82 Å². The molecule has 3 heterocycles. The van der Waals surface area contributed by atoms with Gasteiger partial charge in [-0.05, 0) is 63.2 Å². The highest BCUT2D eigenvalue weighted by molar-refractivity contribution is 6.04. The monoisotopic (exact) mass is 516 g/mol. The van der Waals surface area contributed by atoms with E-state index in [9.17, 15) is 14.0 Å². The first kappa shape index (κ1) is 25.2. The van der Waals surface area contributed by atoms with Gasteiger partial charge in [-0.3, -0.25) is 9.48 Å². The molecular weight excluding hydrogens is 487 g/mol. The Labute approximate surface area is 219 Å². The molecule has 38 heavy (non-hydrogen) atoms. The lowest BCUT2D eigenvalue weighted by Gasteiger charge is -2.13. The molecule has 4 aromatic rings. The van der Waals surface area contributed by atoms with E-state index >= 15 is 0 Å². The van der Waals surface area contributed by atoms with Gasteiger partial charge in [0.15, 0.2) is 0 Å². The minimum atomic E-state index is -0.598. The predicted molar refractivity (Wildman–Crippen MR) is 143 cm³/mol. The van der Waals surface area contributed by atoms with Crippen LogP contribution < -0.4 is 16.0 Å². The molecule has 0 atom stereocenters. The van der Waals surface area contributed by atoms with Crippen molar-refractivity contribution in [2.75, 3.05) is 35.6 Å². The second-order valence-electron chi connectivity index (χ2n) is 9.18. The van der Waals surface area contributed by atoms with Crippen molar-refractivity contribution in [2.24, 2.45) is 0 Å². The van der Waals surface area contributed by atoms with Gasteiger partial charge in [0.25, 0.3) is 5.91 Å². The second kappa shape index (κ2) is 11.3. The number of halogens is 1. The SMILES string of the molecule is Cc1nn(CCN2CCCC2)cc1NC(=O)c1cccc(-n2cc(NC(=O)Nc3ccccc3F)cn2)c1. The number of benzene rings is 2. The summed E-state index contributed by atoms with van der Waals surface area (Å²) in [6.07, 6.45) is 7.43. The molecule has 2 aromatic heterocycles. The van der Waals surface area contributed by atoms with E-state index in [1.807, 2.05) is 17.8 Å². The van der Waals surface area contributed by atoms with Crippen molar-refractivity contribution in [1.29, 1.82) is 0 Å². The van der Waals surface area contributed by atoms with Gasteiger partial charge in [0.05, 0.1) is 47.4 Å². The molecule has 0 saturated carbocycles. The number of hydrogen-bond donors (Lipinski definition) is 3. The van der Waals surface area contributed by atoms with Crippen LogP contribution >= 0.6 is 0 Å². The molecule has 11 heteroatoms. The van der Waals surface area contributed by atoms with Crippen molar-refractivity contribution in [3.05, 3.63) is 84.2 Å². The maximum absolute atomic E-state index is 13.8. The number of nitrogens with zero attached hydrogens (tertiary/aromatic N) is 5. The lowest BCUT2D eigenvalue weighted by molar-refractivity contribution is 0.102. The molecule has 1 saturated heterocycles. The first-order valence-electron chi connectivity index (χ1n) is 12.5. The number of hydrogen-bond acceptors (Lipinski definition) is 5. The summed E-state index contributed by atoms with van der Waals surface area (Å²) < 4.78 is 17.2. The fourth-order valence-electron chi connectivity index (χ4n) is 4.37. The van der Waals surface area contributed by atoms with Crippen LogP contribution in [0.15, 0.2) is 67.1 Å². The number of rotatable bonds is 8. The third-order valence-electron chi connectivity index (χ3n) is 6.37. The smallest absolute Gasteiger partial charge is 0.319 e. The normalized spacial score (nSPS) is 13.4. The Morgan fingerprint density at radius 2 is 1.76 bits per heavy atom. The lowest BCUT2D eigenvalue weighted by Crippen LogP contribution is -2.24. The first-order valence-corrected chi connectivity index (χ1v) is 12.5. The van der Waals surface area contributed by atoms with Crippen molar-refractivity contribution in [3.63, 3.8) is 0 Å². The van der Waals surface area contributed by atoms with Gasteiger partial charge >= 0.3 is 6.03 Å². The fraction of sp³-hybridized carbons (Fsp3) is 0.259. The van der Waals surface area contributed by atoms with E-state index in [-0.39, 0.29) is 11.6 Å². The third kappa shape index (κ3) is 6.06. The Morgan fingerprint density at radius 1 is 0.947 bits per heavy atom. The third-order valence-corrected chi connectivity index (χ3v) is 6.37. The largest absolute Gasteiger partial charge is 0.323 e. The van der Waals surface area contributed by atoms with Gasteiger partial charge in [-0.1, -0.05) is 18.2 Å². The van der Waals surface area contributed by atoms with Gasteiger partial charge in [0.2, 0.25) is 0 Å². The summed E-state index contributed by atoms with van der Waals surface area (Å²) in [6, 6.07) is 12.3. The van der Waals surface area contributed by atoms with Crippen LogP contribution in [0.1, 0.15) is 28.9 Å². The van der Waals surface area contributed by atoms with Crippen molar-refractivity contribution in [3.8, 4) is 5.69 Å². The second-order valence-corrected chi connectivity index (χ2v) is 9.18. The molecule has 0 radical (unpaired) electrons. The zero-order valence-electron chi connectivity index (χ0n) is 21.0. The van der Waals surface area contributed by atoms with E-state index in [0.717, 1.165) is 31.9 Å². The maximum Gasteiger partial charge on any atom is 0.323 e. The molecule has 0 spiro atoms. The quantitative estimate of drug-likeness (QED) is 0.319. The summed E-state index contributed by atoms with van der Waals surface area (Å²) >= 11 is 0. The van der Waals surface area contributed by atoms with Crippen LogP contribution in [-0.4, -0.2) is 56.0 Å². The van der Waals surface area contributed by atoms with E-state index in [2.05, 4.69) is 31.0 Å². The Bertz CT molecular complexity index is 1440. The summed E-state index contributed by atoms with van der Waals surface area (Å²) in [6.45, 7) is 5.87. The predicted octanol–water partition coefficient (Wildman–Crippen LogP) is 4.51. The van der Waals surface area contributed by atoms with Gasteiger partial charge in [0, 0.05) is 18.3 Å². The van der Waals surface area contributed by atoms with E-state index < -0.39 is 11.8 Å². The molecule has 1 fully saturated rings. The molecule has 3 amide bonds. The number of carbonyl (C=O) groups excluding carboxylic acids is 2. The highest BCUT2D eigenvalue weighted by atomic mass is 19.1. The highest BCUT2D eigenvalue weighted by Gasteiger charge is 2.15. The number of anilines is 3. The van der Waals surface area contributed by atoms with Crippen LogP contribution in [0.4, 0.5) is 26.2 Å².